The number of alkyl carbamates (subject to hydrolysis) is 1. The lowest BCUT2D eigenvalue weighted by molar-refractivity contribution is 0.0465. The molecule has 5 heteroatoms. The summed E-state index contributed by atoms with van der Waals surface area (Å²) in [5.74, 6) is 0. The highest BCUT2D eigenvalue weighted by Gasteiger charge is 2.31. The molecule has 122 valence electrons. The van der Waals surface area contributed by atoms with Crippen molar-refractivity contribution in [3.63, 3.8) is 0 Å². The van der Waals surface area contributed by atoms with E-state index in [0.717, 1.165) is 31.5 Å². The Hall–Kier alpha value is -1.62. The maximum atomic E-state index is 11.7. The van der Waals surface area contributed by atoms with E-state index in [-0.39, 0.29) is 12.1 Å². The highest BCUT2D eigenvalue weighted by atomic mass is 16.6. The topological polar surface area (TPSA) is 63.2 Å². The summed E-state index contributed by atoms with van der Waals surface area (Å²) >= 11 is 0. The van der Waals surface area contributed by atoms with Crippen LogP contribution in [0.15, 0.2) is 18.3 Å². The lowest BCUT2D eigenvalue weighted by Crippen LogP contribution is -2.53. The van der Waals surface area contributed by atoms with Crippen molar-refractivity contribution in [2.45, 2.75) is 71.2 Å². The molecule has 1 amide bonds. The van der Waals surface area contributed by atoms with Crippen molar-refractivity contribution in [3.05, 3.63) is 29.6 Å². The monoisotopic (exact) mass is 305 g/mol. The number of aromatic nitrogens is 1. The molecule has 0 atom stereocenters. The van der Waals surface area contributed by atoms with Gasteiger partial charge in [-0.15, -0.1) is 0 Å². The number of hydrogen-bond acceptors (Lipinski definition) is 4. The van der Waals surface area contributed by atoms with Crippen molar-refractivity contribution >= 4 is 6.09 Å². The number of carbonyl (C=O) groups excluding carboxylic acids is 1. The van der Waals surface area contributed by atoms with Gasteiger partial charge >= 0.3 is 6.09 Å². The molecular formula is C17H27N3O2. The number of rotatable bonds is 5. The second-order valence-corrected chi connectivity index (χ2v) is 6.86. The third-order valence-electron chi connectivity index (χ3n) is 3.78. The third kappa shape index (κ3) is 4.98. The van der Waals surface area contributed by atoms with Crippen LogP contribution >= 0.6 is 0 Å². The van der Waals surface area contributed by atoms with Crippen molar-refractivity contribution in [1.29, 1.82) is 0 Å². The molecule has 1 aromatic rings. The highest BCUT2D eigenvalue weighted by Crippen LogP contribution is 2.21. The van der Waals surface area contributed by atoms with E-state index in [1.807, 2.05) is 33.0 Å². The van der Waals surface area contributed by atoms with Crippen LogP contribution < -0.4 is 10.6 Å². The lowest BCUT2D eigenvalue weighted by atomic mass is 9.87. The lowest BCUT2D eigenvalue weighted by Gasteiger charge is -2.36. The van der Waals surface area contributed by atoms with E-state index in [9.17, 15) is 4.79 Å². The van der Waals surface area contributed by atoms with Crippen LogP contribution in [0.2, 0.25) is 0 Å². The number of aryl methyl sites for hydroxylation is 1. The Labute approximate surface area is 132 Å². The molecule has 22 heavy (non-hydrogen) atoms. The van der Waals surface area contributed by atoms with Gasteiger partial charge in [0.15, 0.2) is 0 Å². The first kappa shape index (κ1) is 16.7. The van der Waals surface area contributed by atoms with Crippen molar-refractivity contribution < 1.29 is 9.53 Å². The van der Waals surface area contributed by atoms with Gasteiger partial charge in [-0.2, -0.15) is 0 Å². The van der Waals surface area contributed by atoms with Gasteiger partial charge in [0.1, 0.15) is 5.60 Å². The largest absolute Gasteiger partial charge is 0.444 e. The molecule has 1 aliphatic carbocycles. The molecule has 2 N–H and O–H groups in total. The van der Waals surface area contributed by atoms with Crippen LogP contribution in [0, 0.1) is 0 Å². The smallest absolute Gasteiger partial charge is 0.407 e. The van der Waals surface area contributed by atoms with Gasteiger partial charge in [0, 0.05) is 24.8 Å². The molecule has 1 fully saturated rings. The van der Waals surface area contributed by atoms with Gasteiger partial charge in [-0.05, 0) is 51.7 Å². The Morgan fingerprint density at radius 2 is 2.09 bits per heavy atom. The summed E-state index contributed by atoms with van der Waals surface area (Å²) in [4.78, 5) is 16.1. The Morgan fingerprint density at radius 3 is 2.73 bits per heavy atom. The summed E-state index contributed by atoms with van der Waals surface area (Å²) in [7, 11) is 0. The van der Waals surface area contributed by atoms with E-state index in [4.69, 9.17) is 4.74 Å². The summed E-state index contributed by atoms with van der Waals surface area (Å²) < 4.78 is 5.26. The number of pyridine rings is 1. The van der Waals surface area contributed by atoms with Crippen LogP contribution in [0.25, 0.3) is 0 Å². The maximum absolute atomic E-state index is 11.7. The van der Waals surface area contributed by atoms with Crippen LogP contribution in [-0.2, 0) is 17.7 Å². The molecule has 1 aromatic heterocycles. The summed E-state index contributed by atoms with van der Waals surface area (Å²) in [5.41, 5.74) is 1.97. The van der Waals surface area contributed by atoms with Gasteiger partial charge in [0.05, 0.1) is 5.69 Å². The van der Waals surface area contributed by atoms with Crippen LogP contribution in [0.4, 0.5) is 4.79 Å². The van der Waals surface area contributed by atoms with Gasteiger partial charge in [0.25, 0.3) is 0 Å². The minimum Gasteiger partial charge on any atom is -0.444 e. The average Bonchev–Trinajstić information content (AvgIpc) is 2.39. The highest BCUT2D eigenvalue weighted by molar-refractivity contribution is 5.68. The maximum Gasteiger partial charge on any atom is 0.407 e. The average molecular weight is 305 g/mol. The van der Waals surface area contributed by atoms with E-state index < -0.39 is 5.60 Å². The molecule has 0 radical (unpaired) electrons. The van der Waals surface area contributed by atoms with E-state index in [1.54, 1.807) is 0 Å². The zero-order valence-electron chi connectivity index (χ0n) is 14.0. The summed E-state index contributed by atoms with van der Waals surface area (Å²) in [6, 6.07) is 4.75. The predicted molar refractivity (Wildman–Crippen MR) is 86.6 cm³/mol. The molecule has 5 nitrogen and oxygen atoms in total. The van der Waals surface area contributed by atoms with Gasteiger partial charge < -0.3 is 15.4 Å². The third-order valence-corrected chi connectivity index (χ3v) is 3.78. The van der Waals surface area contributed by atoms with E-state index in [0.29, 0.717) is 6.04 Å². The quantitative estimate of drug-likeness (QED) is 0.878. The molecule has 0 bridgehead atoms. The molecule has 0 unspecified atom stereocenters. The second kappa shape index (κ2) is 7.09. The fraction of sp³-hybridized carbons (Fsp3) is 0.647. The van der Waals surface area contributed by atoms with Crippen LogP contribution in [-0.4, -0.2) is 28.8 Å². The Morgan fingerprint density at radius 1 is 1.36 bits per heavy atom. The van der Waals surface area contributed by atoms with Crippen molar-refractivity contribution in [1.82, 2.24) is 15.6 Å². The van der Waals surface area contributed by atoms with Crippen molar-refractivity contribution in [2.24, 2.45) is 0 Å². The number of carbonyl (C=O) groups is 1. The van der Waals surface area contributed by atoms with Crippen LogP contribution in [0.3, 0.4) is 0 Å². The minimum atomic E-state index is -0.443. The molecule has 1 saturated carbocycles. The van der Waals surface area contributed by atoms with Crippen molar-refractivity contribution in [2.75, 3.05) is 0 Å². The number of nitrogens with zero attached hydrogens (tertiary/aromatic N) is 1. The summed E-state index contributed by atoms with van der Waals surface area (Å²) in [5, 5.41) is 6.41. The Kier molecular flexibility index (Phi) is 5.40. The van der Waals surface area contributed by atoms with Crippen molar-refractivity contribution in [3.8, 4) is 0 Å². The fourth-order valence-corrected chi connectivity index (χ4v) is 2.57. The fourth-order valence-electron chi connectivity index (χ4n) is 2.57. The SMILES string of the molecule is CCc1cccnc1CNC1CC(NC(=O)OC(C)(C)C)C1. The molecular weight excluding hydrogens is 278 g/mol. The molecule has 1 heterocycles. The zero-order valence-corrected chi connectivity index (χ0v) is 14.0. The molecule has 1 aliphatic rings. The Balaban J connectivity index is 1.68. The molecule has 2 rings (SSSR count). The number of hydrogen-bond donors (Lipinski definition) is 2. The normalized spacial score (nSPS) is 21.1. The summed E-state index contributed by atoms with van der Waals surface area (Å²) in [6.07, 6.45) is 4.39. The predicted octanol–water partition coefficient (Wildman–Crippen LogP) is 2.79. The Bertz CT molecular complexity index is 505. The zero-order chi connectivity index (χ0) is 16.2. The first-order valence-corrected chi connectivity index (χ1v) is 8.03. The minimum absolute atomic E-state index is 0.210. The summed E-state index contributed by atoms with van der Waals surface area (Å²) in [6.45, 7) is 8.54. The van der Waals surface area contributed by atoms with E-state index in [2.05, 4.69) is 28.6 Å². The van der Waals surface area contributed by atoms with Crippen LogP contribution in [0.1, 0.15) is 51.8 Å². The molecule has 0 aliphatic heterocycles. The van der Waals surface area contributed by atoms with Gasteiger partial charge in [-0.1, -0.05) is 13.0 Å². The van der Waals surface area contributed by atoms with Gasteiger partial charge in [0.2, 0.25) is 0 Å². The standard InChI is InChI=1S/C17H27N3O2/c1-5-12-7-6-8-18-15(12)11-19-13-9-14(10-13)20-16(21)22-17(2,3)4/h6-8,13-14,19H,5,9-11H2,1-4H3,(H,20,21). The van der Waals surface area contributed by atoms with E-state index in [1.165, 1.54) is 5.56 Å². The van der Waals surface area contributed by atoms with Gasteiger partial charge in [-0.3, -0.25) is 4.98 Å². The number of amides is 1. The second-order valence-electron chi connectivity index (χ2n) is 6.86. The van der Waals surface area contributed by atoms with Gasteiger partial charge in [-0.25, -0.2) is 4.79 Å². The molecule has 0 spiro atoms. The van der Waals surface area contributed by atoms with Crippen LogP contribution in [0.5, 0.6) is 0 Å². The number of nitrogens with one attached hydrogen (secondary N) is 2. The number of ether oxygens (including phenoxy) is 1. The molecule has 0 aromatic carbocycles. The first-order valence-electron chi connectivity index (χ1n) is 8.03. The van der Waals surface area contributed by atoms with E-state index >= 15 is 0 Å². The first-order chi connectivity index (χ1) is 10.4. The molecule has 0 saturated heterocycles.